The van der Waals surface area contributed by atoms with E-state index in [9.17, 15) is 4.79 Å². The minimum atomic E-state index is -0.356. The summed E-state index contributed by atoms with van der Waals surface area (Å²) in [7, 11) is 0. The second-order valence-electron chi connectivity index (χ2n) is 9.27. The molecular formula is C31H29N5O2. The van der Waals surface area contributed by atoms with E-state index in [1.54, 1.807) is 0 Å². The van der Waals surface area contributed by atoms with Crippen molar-refractivity contribution in [3.05, 3.63) is 126 Å². The number of hydrogen-bond donors (Lipinski definition) is 1. The maximum absolute atomic E-state index is 14.0. The highest BCUT2D eigenvalue weighted by Crippen LogP contribution is 2.39. The Bertz CT molecular complexity index is 1570. The second-order valence-corrected chi connectivity index (χ2v) is 9.27. The summed E-state index contributed by atoms with van der Waals surface area (Å²) in [5, 5.41) is 8.02. The number of carbonyl (C=O) groups is 1. The van der Waals surface area contributed by atoms with Gasteiger partial charge in [-0.15, -0.1) is 0 Å². The lowest BCUT2D eigenvalue weighted by atomic mass is 10.0. The first-order valence-electron chi connectivity index (χ1n) is 12.8. The van der Waals surface area contributed by atoms with Gasteiger partial charge >= 0.3 is 6.03 Å². The van der Waals surface area contributed by atoms with E-state index in [2.05, 4.69) is 22.0 Å². The van der Waals surface area contributed by atoms with Crippen molar-refractivity contribution in [2.75, 3.05) is 11.9 Å². The summed E-state index contributed by atoms with van der Waals surface area (Å²) < 4.78 is 9.97. The second kappa shape index (κ2) is 9.94. The first kappa shape index (κ1) is 23.6. The van der Waals surface area contributed by atoms with Gasteiger partial charge in [-0.3, -0.25) is 0 Å². The SMILES string of the molecule is CCOc1cccc(C2c3cccn3-c3c(c(C)nn3-c3ccccc3)CN2C(=O)Nc2ccccc2)c1. The number of amides is 2. The molecule has 0 radical (unpaired) electrons. The van der Waals surface area contributed by atoms with Crippen molar-refractivity contribution >= 4 is 11.7 Å². The fraction of sp³-hybridized carbons (Fsp3) is 0.161. The molecule has 7 heteroatoms. The number of urea groups is 1. The summed E-state index contributed by atoms with van der Waals surface area (Å²) >= 11 is 0. The number of carbonyl (C=O) groups excluding carboxylic acids is 1. The normalized spacial score (nSPS) is 14.4. The molecule has 5 aromatic rings. The van der Waals surface area contributed by atoms with Crippen LogP contribution in [0.5, 0.6) is 5.75 Å². The Morgan fingerprint density at radius 2 is 1.74 bits per heavy atom. The topological polar surface area (TPSA) is 64.3 Å². The van der Waals surface area contributed by atoms with Crippen molar-refractivity contribution in [1.82, 2.24) is 19.2 Å². The third-order valence-corrected chi connectivity index (χ3v) is 6.86. The molecular weight excluding hydrogens is 474 g/mol. The number of nitrogens with one attached hydrogen (secondary N) is 1. The minimum absolute atomic E-state index is 0.185. The van der Waals surface area contributed by atoms with Crippen LogP contribution in [0.4, 0.5) is 10.5 Å². The van der Waals surface area contributed by atoms with E-state index in [4.69, 9.17) is 9.84 Å². The average molecular weight is 504 g/mol. The van der Waals surface area contributed by atoms with E-state index in [1.807, 2.05) is 115 Å². The maximum Gasteiger partial charge on any atom is 0.322 e. The minimum Gasteiger partial charge on any atom is -0.494 e. The highest BCUT2D eigenvalue weighted by molar-refractivity contribution is 5.90. The van der Waals surface area contributed by atoms with Crippen molar-refractivity contribution in [2.45, 2.75) is 26.4 Å². The van der Waals surface area contributed by atoms with E-state index in [0.717, 1.165) is 45.5 Å². The van der Waals surface area contributed by atoms with Crippen molar-refractivity contribution in [2.24, 2.45) is 0 Å². The Morgan fingerprint density at radius 1 is 0.974 bits per heavy atom. The molecule has 1 aliphatic heterocycles. The Kier molecular flexibility index (Phi) is 6.17. The molecule has 0 spiro atoms. The predicted octanol–water partition coefficient (Wildman–Crippen LogP) is 6.51. The molecule has 0 saturated carbocycles. The number of rotatable bonds is 5. The first-order valence-corrected chi connectivity index (χ1v) is 12.8. The summed E-state index contributed by atoms with van der Waals surface area (Å²) in [5.41, 5.74) is 5.53. The van der Waals surface area contributed by atoms with Gasteiger partial charge in [0.2, 0.25) is 0 Å². The molecule has 0 fully saturated rings. The van der Waals surface area contributed by atoms with Gasteiger partial charge in [-0.25, -0.2) is 9.48 Å². The van der Waals surface area contributed by atoms with Gasteiger partial charge in [-0.05, 0) is 67.9 Å². The lowest BCUT2D eigenvalue weighted by Gasteiger charge is -2.31. The Hall–Kier alpha value is -4.78. The van der Waals surface area contributed by atoms with Crippen molar-refractivity contribution in [3.63, 3.8) is 0 Å². The average Bonchev–Trinajstić information content (AvgIpc) is 3.50. The van der Waals surface area contributed by atoms with Gasteiger partial charge in [0.1, 0.15) is 11.6 Å². The molecule has 6 rings (SSSR count). The van der Waals surface area contributed by atoms with Gasteiger partial charge in [-0.1, -0.05) is 48.5 Å². The molecule has 2 aromatic heterocycles. The van der Waals surface area contributed by atoms with Crippen LogP contribution in [0.3, 0.4) is 0 Å². The Labute approximate surface area is 221 Å². The summed E-state index contributed by atoms with van der Waals surface area (Å²) in [6.45, 7) is 4.93. The molecule has 0 aliphatic carbocycles. The number of para-hydroxylation sites is 2. The van der Waals surface area contributed by atoms with Gasteiger partial charge in [0, 0.05) is 17.4 Å². The standard InChI is InChI=1S/C31H29N5O2/c1-3-38-26-17-10-12-23(20-26)29-28-18-11-19-34(28)30-27(22(2)33-36(30)25-15-8-5-9-16-25)21-35(29)31(37)32-24-13-6-4-7-14-24/h4-20,29H,3,21H2,1-2H3,(H,32,37). The highest BCUT2D eigenvalue weighted by Gasteiger charge is 2.36. The smallest absolute Gasteiger partial charge is 0.322 e. The molecule has 190 valence electrons. The first-order chi connectivity index (χ1) is 18.6. The fourth-order valence-electron chi connectivity index (χ4n) is 5.16. The Balaban J connectivity index is 1.54. The molecule has 3 aromatic carbocycles. The third-order valence-electron chi connectivity index (χ3n) is 6.86. The predicted molar refractivity (Wildman–Crippen MR) is 148 cm³/mol. The number of hydrogen-bond acceptors (Lipinski definition) is 3. The van der Waals surface area contributed by atoms with Gasteiger partial charge < -0.3 is 19.5 Å². The van der Waals surface area contributed by atoms with Gasteiger partial charge in [-0.2, -0.15) is 5.10 Å². The third kappa shape index (κ3) is 4.22. The van der Waals surface area contributed by atoms with E-state index < -0.39 is 0 Å². The molecule has 0 bridgehead atoms. The number of anilines is 1. The molecule has 0 saturated heterocycles. The van der Waals surface area contributed by atoms with E-state index >= 15 is 0 Å². The summed E-state index contributed by atoms with van der Waals surface area (Å²) in [6, 6.07) is 31.2. The van der Waals surface area contributed by atoms with Crippen LogP contribution in [-0.4, -0.2) is 31.9 Å². The van der Waals surface area contributed by atoms with Crippen LogP contribution in [0.25, 0.3) is 11.5 Å². The molecule has 38 heavy (non-hydrogen) atoms. The molecule has 2 amide bonds. The molecule has 1 unspecified atom stereocenters. The summed E-state index contributed by atoms with van der Waals surface area (Å²) in [4.78, 5) is 15.9. The summed E-state index contributed by atoms with van der Waals surface area (Å²) in [5.74, 6) is 1.72. The van der Waals surface area contributed by atoms with Crippen LogP contribution < -0.4 is 10.1 Å². The quantitative estimate of drug-likeness (QED) is 0.297. The number of nitrogens with zero attached hydrogens (tertiary/aromatic N) is 4. The van der Waals surface area contributed by atoms with Crippen molar-refractivity contribution in [1.29, 1.82) is 0 Å². The molecule has 3 heterocycles. The maximum atomic E-state index is 14.0. The van der Waals surface area contributed by atoms with Crippen LogP contribution in [0.15, 0.2) is 103 Å². The van der Waals surface area contributed by atoms with E-state index in [-0.39, 0.29) is 12.1 Å². The zero-order valence-corrected chi connectivity index (χ0v) is 21.4. The molecule has 7 nitrogen and oxygen atoms in total. The van der Waals surface area contributed by atoms with Crippen molar-refractivity contribution < 1.29 is 9.53 Å². The van der Waals surface area contributed by atoms with Crippen molar-refractivity contribution in [3.8, 4) is 17.3 Å². The Morgan fingerprint density at radius 3 is 2.50 bits per heavy atom. The lowest BCUT2D eigenvalue weighted by molar-refractivity contribution is 0.194. The zero-order valence-electron chi connectivity index (χ0n) is 21.4. The zero-order chi connectivity index (χ0) is 26.1. The molecule has 1 atom stereocenters. The van der Waals surface area contributed by atoms with Crippen LogP contribution in [0.1, 0.15) is 35.5 Å². The monoisotopic (exact) mass is 503 g/mol. The molecule has 1 aliphatic rings. The van der Waals surface area contributed by atoms with E-state index in [1.165, 1.54) is 0 Å². The van der Waals surface area contributed by atoms with Crippen LogP contribution >= 0.6 is 0 Å². The van der Waals surface area contributed by atoms with Gasteiger partial charge in [0.15, 0.2) is 0 Å². The van der Waals surface area contributed by atoms with E-state index in [0.29, 0.717) is 13.2 Å². The number of ether oxygens (including phenoxy) is 1. The number of fused-ring (bicyclic) bond motifs is 3. The number of aryl methyl sites for hydroxylation is 1. The van der Waals surface area contributed by atoms with Crippen LogP contribution in [0, 0.1) is 6.92 Å². The number of aromatic nitrogens is 3. The van der Waals surface area contributed by atoms with Crippen LogP contribution in [0.2, 0.25) is 0 Å². The van der Waals surface area contributed by atoms with Gasteiger partial charge in [0.25, 0.3) is 0 Å². The summed E-state index contributed by atoms with van der Waals surface area (Å²) in [6.07, 6.45) is 2.05. The fourth-order valence-corrected chi connectivity index (χ4v) is 5.16. The van der Waals surface area contributed by atoms with Gasteiger partial charge in [0.05, 0.1) is 36.3 Å². The lowest BCUT2D eigenvalue weighted by Crippen LogP contribution is -2.38. The largest absolute Gasteiger partial charge is 0.494 e. The molecule has 1 N–H and O–H groups in total. The van der Waals surface area contributed by atoms with Crippen LogP contribution in [-0.2, 0) is 6.54 Å². The number of benzene rings is 3. The highest BCUT2D eigenvalue weighted by atomic mass is 16.5.